The van der Waals surface area contributed by atoms with E-state index in [-0.39, 0.29) is 18.5 Å². The van der Waals surface area contributed by atoms with Gasteiger partial charge in [0.05, 0.1) is 31.0 Å². The number of furan rings is 1. The highest BCUT2D eigenvalue weighted by Crippen LogP contribution is 2.29. The van der Waals surface area contributed by atoms with E-state index in [1.165, 1.54) is 0 Å². The maximum absolute atomic E-state index is 13.2. The Morgan fingerprint density at radius 2 is 1.65 bits per heavy atom. The van der Waals surface area contributed by atoms with E-state index in [0.29, 0.717) is 17.9 Å². The quantitative estimate of drug-likeness (QED) is 0.395. The number of hydrogen-bond donors (Lipinski definition) is 1. The van der Waals surface area contributed by atoms with Gasteiger partial charge in [0, 0.05) is 5.69 Å². The minimum atomic E-state index is -0.186. The number of likely N-dealkylation sites (N-methyl/N-ethyl adjacent to an activating group) is 1. The van der Waals surface area contributed by atoms with E-state index in [4.69, 9.17) is 4.42 Å². The summed E-state index contributed by atoms with van der Waals surface area (Å²) in [6.07, 6.45) is 1.62. The van der Waals surface area contributed by atoms with Gasteiger partial charge in [-0.1, -0.05) is 60.7 Å². The van der Waals surface area contributed by atoms with E-state index >= 15 is 0 Å². The molecule has 2 aromatic carbocycles. The summed E-state index contributed by atoms with van der Waals surface area (Å²) in [6, 6.07) is 26.2. The number of nitriles is 1. The monoisotopic (exact) mass is 452 g/mol. The van der Waals surface area contributed by atoms with E-state index in [9.17, 15) is 10.1 Å². The van der Waals surface area contributed by atoms with E-state index in [0.717, 1.165) is 28.1 Å². The Kier molecular flexibility index (Phi) is 6.95. The van der Waals surface area contributed by atoms with Crippen LogP contribution in [0.25, 0.3) is 0 Å². The molecule has 0 saturated heterocycles. The molecule has 0 aliphatic rings. The Bertz CT molecular complexity index is 1250. The third kappa shape index (κ3) is 4.80. The van der Waals surface area contributed by atoms with Crippen LogP contribution in [-0.2, 0) is 11.3 Å². The van der Waals surface area contributed by atoms with Gasteiger partial charge in [0.15, 0.2) is 0 Å². The number of nitrogens with zero attached hydrogens (tertiary/aromatic N) is 3. The van der Waals surface area contributed by atoms with Crippen molar-refractivity contribution in [2.45, 2.75) is 26.4 Å². The molecule has 4 aromatic rings. The number of rotatable bonds is 8. The second-order valence-corrected chi connectivity index (χ2v) is 8.40. The lowest BCUT2D eigenvalue weighted by Gasteiger charge is -2.28. The van der Waals surface area contributed by atoms with Crippen molar-refractivity contribution < 1.29 is 9.21 Å². The van der Waals surface area contributed by atoms with E-state index in [2.05, 4.69) is 35.7 Å². The van der Waals surface area contributed by atoms with Crippen molar-refractivity contribution in [1.82, 2.24) is 9.47 Å². The van der Waals surface area contributed by atoms with Gasteiger partial charge in [-0.2, -0.15) is 5.26 Å². The number of carbonyl (C=O) groups excluding carboxylic acids is 1. The number of hydrogen-bond acceptors (Lipinski definition) is 4. The van der Waals surface area contributed by atoms with Crippen LogP contribution in [0.1, 0.15) is 39.7 Å². The van der Waals surface area contributed by atoms with Gasteiger partial charge >= 0.3 is 0 Å². The van der Waals surface area contributed by atoms with Crippen LogP contribution in [0.5, 0.6) is 0 Å². The van der Waals surface area contributed by atoms with Gasteiger partial charge in [0.25, 0.3) is 0 Å². The number of benzene rings is 2. The molecule has 0 aliphatic carbocycles. The summed E-state index contributed by atoms with van der Waals surface area (Å²) in [6.45, 7) is 4.43. The molecule has 2 aromatic heterocycles. The average molecular weight is 453 g/mol. The van der Waals surface area contributed by atoms with Crippen LogP contribution in [-0.4, -0.2) is 29.0 Å². The predicted octanol–water partition coefficient (Wildman–Crippen LogP) is 5.28. The van der Waals surface area contributed by atoms with Crippen LogP contribution in [0.4, 0.5) is 5.82 Å². The summed E-state index contributed by atoms with van der Waals surface area (Å²) in [5.41, 5.74) is 4.46. The molecule has 6 heteroatoms. The standard InChI is InChI=1S/C28H28N4O2/c1-20-21(2)32(18-24-15-10-16-34-24)28(25(20)17-29)30-26(33)19-31(3)27(22-11-6-4-7-12-22)23-13-8-5-9-14-23/h4-16,27H,18-19H2,1-3H3,(H,30,33). The lowest BCUT2D eigenvalue weighted by atomic mass is 9.97. The van der Waals surface area contributed by atoms with Gasteiger partial charge in [0.2, 0.25) is 5.91 Å². The molecule has 0 saturated carbocycles. The predicted molar refractivity (Wildman–Crippen MR) is 132 cm³/mol. The summed E-state index contributed by atoms with van der Waals surface area (Å²) < 4.78 is 7.43. The molecular formula is C28H28N4O2. The van der Waals surface area contributed by atoms with Crippen molar-refractivity contribution in [2.24, 2.45) is 0 Å². The zero-order valence-corrected chi connectivity index (χ0v) is 19.7. The fraction of sp³-hybridized carbons (Fsp3) is 0.214. The average Bonchev–Trinajstić information content (AvgIpc) is 3.43. The summed E-state index contributed by atoms with van der Waals surface area (Å²) in [4.78, 5) is 15.3. The lowest BCUT2D eigenvalue weighted by Crippen LogP contribution is -2.34. The van der Waals surface area contributed by atoms with Crippen LogP contribution in [0.2, 0.25) is 0 Å². The Labute approximate surface area is 200 Å². The number of nitrogens with one attached hydrogen (secondary N) is 1. The Balaban J connectivity index is 1.59. The fourth-order valence-corrected chi connectivity index (χ4v) is 4.35. The maximum Gasteiger partial charge on any atom is 0.239 e. The second-order valence-electron chi connectivity index (χ2n) is 8.40. The number of aromatic nitrogens is 1. The Morgan fingerprint density at radius 1 is 1.03 bits per heavy atom. The smallest absolute Gasteiger partial charge is 0.239 e. The van der Waals surface area contributed by atoms with Gasteiger partial charge in [0.1, 0.15) is 17.6 Å². The molecule has 0 atom stereocenters. The minimum Gasteiger partial charge on any atom is -0.467 e. The maximum atomic E-state index is 13.2. The zero-order valence-electron chi connectivity index (χ0n) is 19.7. The van der Waals surface area contributed by atoms with Gasteiger partial charge in [-0.15, -0.1) is 0 Å². The van der Waals surface area contributed by atoms with Crippen LogP contribution in [0, 0.1) is 25.2 Å². The molecule has 2 heterocycles. The normalized spacial score (nSPS) is 11.1. The highest BCUT2D eigenvalue weighted by molar-refractivity contribution is 5.93. The Morgan fingerprint density at radius 3 is 2.18 bits per heavy atom. The van der Waals surface area contributed by atoms with Crippen LogP contribution in [0.15, 0.2) is 83.5 Å². The molecule has 0 bridgehead atoms. The molecule has 0 fully saturated rings. The van der Waals surface area contributed by atoms with Crippen molar-refractivity contribution in [3.05, 3.63) is 113 Å². The van der Waals surface area contributed by atoms with Gasteiger partial charge in [-0.05, 0) is 49.7 Å². The van der Waals surface area contributed by atoms with Crippen molar-refractivity contribution >= 4 is 11.7 Å². The summed E-state index contributed by atoms with van der Waals surface area (Å²) >= 11 is 0. The highest BCUT2D eigenvalue weighted by atomic mass is 16.3. The molecule has 1 N–H and O–H groups in total. The van der Waals surface area contributed by atoms with Gasteiger partial charge in [-0.3, -0.25) is 9.69 Å². The van der Waals surface area contributed by atoms with Crippen LogP contribution >= 0.6 is 0 Å². The molecule has 0 aliphatic heterocycles. The SMILES string of the molecule is Cc1c(C#N)c(NC(=O)CN(C)C(c2ccccc2)c2ccccc2)n(Cc2ccco2)c1C. The minimum absolute atomic E-state index is 0.0815. The van der Waals surface area contributed by atoms with E-state index in [1.54, 1.807) is 6.26 Å². The first-order valence-electron chi connectivity index (χ1n) is 11.2. The molecule has 0 radical (unpaired) electrons. The molecule has 172 valence electrons. The van der Waals surface area contributed by atoms with Crippen LogP contribution < -0.4 is 5.32 Å². The van der Waals surface area contributed by atoms with Crippen molar-refractivity contribution in [3.8, 4) is 6.07 Å². The lowest BCUT2D eigenvalue weighted by molar-refractivity contribution is -0.117. The highest BCUT2D eigenvalue weighted by Gasteiger charge is 2.24. The Hall–Kier alpha value is -4.08. The largest absolute Gasteiger partial charge is 0.467 e. The molecule has 6 nitrogen and oxygen atoms in total. The first-order chi connectivity index (χ1) is 16.5. The first kappa shape index (κ1) is 23.1. The molecule has 0 unspecified atom stereocenters. The molecule has 4 rings (SSSR count). The van der Waals surface area contributed by atoms with E-state index in [1.807, 2.05) is 78.9 Å². The number of carbonyl (C=O) groups is 1. The van der Waals surface area contributed by atoms with Gasteiger partial charge < -0.3 is 14.3 Å². The van der Waals surface area contributed by atoms with Crippen molar-refractivity contribution in [2.75, 3.05) is 18.9 Å². The van der Waals surface area contributed by atoms with Crippen molar-refractivity contribution in [1.29, 1.82) is 5.26 Å². The van der Waals surface area contributed by atoms with Crippen LogP contribution in [0.3, 0.4) is 0 Å². The second kappa shape index (κ2) is 10.2. The third-order valence-electron chi connectivity index (χ3n) is 6.16. The molecule has 0 spiro atoms. The van der Waals surface area contributed by atoms with E-state index < -0.39 is 0 Å². The topological polar surface area (TPSA) is 74.2 Å². The summed E-state index contributed by atoms with van der Waals surface area (Å²) in [5, 5.41) is 12.8. The molecule has 1 amide bonds. The number of amides is 1. The fourth-order valence-electron chi connectivity index (χ4n) is 4.35. The molecular weight excluding hydrogens is 424 g/mol. The first-order valence-corrected chi connectivity index (χ1v) is 11.2. The summed E-state index contributed by atoms with van der Waals surface area (Å²) in [5.74, 6) is 1.07. The number of anilines is 1. The summed E-state index contributed by atoms with van der Waals surface area (Å²) in [7, 11) is 1.94. The zero-order chi connectivity index (χ0) is 24.1. The third-order valence-corrected chi connectivity index (χ3v) is 6.16. The van der Waals surface area contributed by atoms with Crippen molar-refractivity contribution in [3.63, 3.8) is 0 Å². The van der Waals surface area contributed by atoms with Gasteiger partial charge in [-0.25, -0.2) is 0 Å². The molecule has 34 heavy (non-hydrogen) atoms.